The Balaban J connectivity index is 1.27. The molecule has 3 aromatic heterocycles. The Bertz CT molecular complexity index is 1230. The molecule has 1 saturated heterocycles. The van der Waals surface area contributed by atoms with Gasteiger partial charge in [-0.25, -0.2) is 14.4 Å². The van der Waals surface area contributed by atoms with Gasteiger partial charge in [0.2, 0.25) is 11.2 Å². The fraction of sp³-hybridized carbons (Fsp3) is 0.417. The molecule has 3 aromatic rings. The van der Waals surface area contributed by atoms with Crippen LogP contribution in [0.5, 0.6) is 11.8 Å². The Hall–Kier alpha value is -3.12. The number of pyridine rings is 1. The highest BCUT2D eigenvalue weighted by Gasteiger charge is 2.23. The van der Waals surface area contributed by atoms with E-state index >= 15 is 4.39 Å². The van der Waals surface area contributed by atoms with Crippen LogP contribution in [0.15, 0.2) is 24.5 Å². The molecule has 1 atom stereocenters. The van der Waals surface area contributed by atoms with Crippen molar-refractivity contribution in [3.63, 3.8) is 0 Å². The number of aromatic amines is 1. The largest absolute Gasteiger partial charge is 0.417 e. The van der Waals surface area contributed by atoms with Crippen molar-refractivity contribution in [2.24, 2.45) is 0 Å². The van der Waals surface area contributed by atoms with Crippen molar-refractivity contribution in [2.75, 3.05) is 26.4 Å². The molecule has 2 aliphatic heterocycles. The van der Waals surface area contributed by atoms with Crippen molar-refractivity contribution in [3.05, 3.63) is 52.4 Å². The van der Waals surface area contributed by atoms with Gasteiger partial charge < -0.3 is 29.2 Å². The van der Waals surface area contributed by atoms with Gasteiger partial charge in [-0.15, -0.1) is 0 Å². The summed E-state index contributed by atoms with van der Waals surface area (Å²) in [6.07, 6.45) is 6.32. The number of carbonyl (C=O) groups excluding carboxylic acids is 1. The summed E-state index contributed by atoms with van der Waals surface area (Å²) in [5.74, 6) is -1.17. The second-order valence-electron chi connectivity index (χ2n) is 8.35. The zero-order valence-electron chi connectivity index (χ0n) is 19.4. The van der Waals surface area contributed by atoms with Crippen LogP contribution in [0.1, 0.15) is 40.9 Å². The second-order valence-corrected chi connectivity index (χ2v) is 8.69. The average Bonchev–Trinajstić information content (AvgIpc) is 3.32. The first-order valence-electron chi connectivity index (χ1n) is 11.7. The highest BCUT2D eigenvalue weighted by atomic mass is 35.5. The molecular formula is C24H25ClFN5O5. The first kappa shape index (κ1) is 24.6. The number of nitrogens with zero attached hydrogens (tertiary/aromatic N) is 3. The molecule has 1 amide bonds. The SMILES string of the molecule is O=C1NCCc2[nH]c(-c3ccnc(Oc4nc(Cl)ncc4COCCOC4CCCCO4)c3F)cc21. The third-order valence-corrected chi connectivity index (χ3v) is 6.05. The molecule has 5 rings (SSSR count). The van der Waals surface area contributed by atoms with Crippen molar-refractivity contribution >= 4 is 17.5 Å². The summed E-state index contributed by atoms with van der Waals surface area (Å²) in [5, 5.41) is 2.71. The summed E-state index contributed by atoms with van der Waals surface area (Å²) < 4.78 is 38.0. The van der Waals surface area contributed by atoms with E-state index in [2.05, 4.69) is 25.3 Å². The van der Waals surface area contributed by atoms with Crippen LogP contribution >= 0.6 is 11.6 Å². The van der Waals surface area contributed by atoms with Gasteiger partial charge in [-0.05, 0) is 43.0 Å². The summed E-state index contributed by atoms with van der Waals surface area (Å²) >= 11 is 5.96. The van der Waals surface area contributed by atoms with Crippen LogP contribution in [0.3, 0.4) is 0 Å². The Morgan fingerprint density at radius 2 is 2.11 bits per heavy atom. The van der Waals surface area contributed by atoms with E-state index in [1.54, 1.807) is 6.07 Å². The minimum absolute atomic E-state index is 0.0280. The molecule has 0 bridgehead atoms. The zero-order valence-corrected chi connectivity index (χ0v) is 20.1. The summed E-state index contributed by atoms with van der Waals surface area (Å²) in [7, 11) is 0. The van der Waals surface area contributed by atoms with Gasteiger partial charge in [-0.2, -0.15) is 4.98 Å². The molecule has 5 heterocycles. The van der Waals surface area contributed by atoms with E-state index in [-0.39, 0.29) is 41.4 Å². The fourth-order valence-electron chi connectivity index (χ4n) is 4.06. The van der Waals surface area contributed by atoms with Gasteiger partial charge in [0, 0.05) is 48.9 Å². The Kier molecular flexibility index (Phi) is 7.71. The molecule has 190 valence electrons. The quantitative estimate of drug-likeness (QED) is 0.325. The first-order valence-corrected chi connectivity index (χ1v) is 12.1. The maximum absolute atomic E-state index is 15.4. The van der Waals surface area contributed by atoms with Crippen LogP contribution in [0.2, 0.25) is 5.28 Å². The molecule has 36 heavy (non-hydrogen) atoms. The van der Waals surface area contributed by atoms with Crippen LogP contribution in [-0.4, -0.2) is 58.5 Å². The maximum atomic E-state index is 15.4. The van der Waals surface area contributed by atoms with Crippen molar-refractivity contribution in [1.82, 2.24) is 25.3 Å². The normalized spacial score (nSPS) is 17.5. The van der Waals surface area contributed by atoms with Crippen molar-refractivity contribution < 1.29 is 28.1 Å². The van der Waals surface area contributed by atoms with Gasteiger partial charge in [0.1, 0.15) is 0 Å². The number of H-pyrrole nitrogens is 1. The number of halogens is 2. The van der Waals surface area contributed by atoms with E-state index in [0.717, 1.165) is 25.0 Å². The molecule has 1 unspecified atom stereocenters. The Morgan fingerprint density at radius 1 is 1.19 bits per heavy atom. The molecule has 2 N–H and O–H groups in total. The van der Waals surface area contributed by atoms with E-state index < -0.39 is 5.82 Å². The third-order valence-electron chi connectivity index (χ3n) is 5.87. The minimum Gasteiger partial charge on any atom is -0.417 e. The first-order chi connectivity index (χ1) is 17.6. The van der Waals surface area contributed by atoms with E-state index in [1.165, 1.54) is 18.5 Å². The number of rotatable bonds is 9. The maximum Gasteiger partial charge on any atom is 0.258 e. The molecule has 2 aliphatic rings. The number of hydrogen-bond acceptors (Lipinski definition) is 8. The van der Waals surface area contributed by atoms with Gasteiger partial charge in [0.15, 0.2) is 12.1 Å². The molecule has 0 aromatic carbocycles. The van der Waals surface area contributed by atoms with Crippen molar-refractivity contribution in [1.29, 1.82) is 0 Å². The molecular weight excluding hydrogens is 493 g/mol. The van der Waals surface area contributed by atoms with Crippen LogP contribution in [0, 0.1) is 5.82 Å². The Labute approximate surface area is 211 Å². The molecule has 12 heteroatoms. The van der Waals surface area contributed by atoms with Gasteiger partial charge in [-0.3, -0.25) is 4.79 Å². The van der Waals surface area contributed by atoms with Crippen molar-refractivity contribution in [3.8, 4) is 23.0 Å². The third kappa shape index (κ3) is 5.65. The lowest BCUT2D eigenvalue weighted by atomic mass is 10.1. The van der Waals surface area contributed by atoms with E-state index in [0.29, 0.717) is 49.6 Å². The molecule has 0 radical (unpaired) electrons. The van der Waals surface area contributed by atoms with Gasteiger partial charge in [0.25, 0.3) is 11.8 Å². The van der Waals surface area contributed by atoms with E-state index in [9.17, 15) is 4.79 Å². The summed E-state index contributed by atoms with van der Waals surface area (Å²) in [6.45, 7) is 2.02. The lowest BCUT2D eigenvalue weighted by Crippen LogP contribution is -2.31. The molecule has 0 spiro atoms. The highest BCUT2D eigenvalue weighted by molar-refractivity contribution is 6.28. The molecule has 10 nitrogen and oxygen atoms in total. The summed E-state index contributed by atoms with van der Waals surface area (Å²) in [4.78, 5) is 27.3. The number of hydrogen-bond donors (Lipinski definition) is 2. The van der Waals surface area contributed by atoms with Crippen LogP contribution < -0.4 is 10.1 Å². The predicted molar refractivity (Wildman–Crippen MR) is 126 cm³/mol. The van der Waals surface area contributed by atoms with E-state index in [4.69, 9.17) is 30.5 Å². The number of ether oxygens (including phenoxy) is 4. The number of fused-ring (bicyclic) bond motifs is 1. The number of carbonyl (C=O) groups is 1. The Morgan fingerprint density at radius 3 is 2.94 bits per heavy atom. The average molecular weight is 518 g/mol. The fourth-order valence-corrected chi connectivity index (χ4v) is 4.18. The van der Waals surface area contributed by atoms with Crippen LogP contribution in [0.25, 0.3) is 11.3 Å². The lowest BCUT2D eigenvalue weighted by Gasteiger charge is -2.22. The van der Waals surface area contributed by atoms with Crippen LogP contribution in [-0.2, 0) is 27.2 Å². The zero-order chi connectivity index (χ0) is 24.9. The lowest BCUT2D eigenvalue weighted by molar-refractivity contribution is -0.169. The standard InChI is InChI=1S/C24H25ClFN5O5/c25-24-29-12-14(13-33-9-10-35-19-3-1-2-8-34-19)22(31-24)36-23-20(26)15(4-6-28-23)18-11-16-17(30-18)5-7-27-21(16)32/h4,6,11-12,19,30H,1-3,5,7-10,13H2,(H,27,32). The van der Waals surface area contributed by atoms with Gasteiger partial charge in [0.05, 0.1) is 30.9 Å². The number of amides is 1. The second kappa shape index (κ2) is 11.3. The molecule has 0 aliphatic carbocycles. The highest BCUT2D eigenvalue weighted by Crippen LogP contribution is 2.32. The smallest absolute Gasteiger partial charge is 0.258 e. The van der Waals surface area contributed by atoms with Crippen molar-refractivity contribution in [2.45, 2.75) is 38.6 Å². The molecule has 0 saturated carbocycles. The number of nitrogens with one attached hydrogen (secondary N) is 2. The predicted octanol–water partition coefficient (Wildman–Crippen LogP) is 3.80. The van der Waals surface area contributed by atoms with Gasteiger partial charge >= 0.3 is 0 Å². The van der Waals surface area contributed by atoms with Crippen LogP contribution in [0.4, 0.5) is 4.39 Å². The summed E-state index contributed by atoms with van der Waals surface area (Å²) in [5.41, 5.74) is 2.38. The summed E-state index contributed by atoms with van der Waals surface area (Å²) in [6, 6.07) is 3.12. The number of aromatic nitrogens is 4. The topological polar surface area (TPSA) is 120 Å². The molecule has 1 fully saturated rings. The monoisotopic (exact) mass is 517 g/mol. The minimum atomic E-state index is -0.709. The van der Waals surface area contributed by atoms with Gasteiger partial charge in [-0.1, -0.05) is 0 Å². The van der Waals surface area contributed by atoms with E-state index in [1.807, 2.05) is 0 Å².